The molecule has 0 aliphatic heterocycles. The first kappa shape index (κ1) is 9.73. The molecule has 2 N–H and O–H groups in total. The first-order chi connectivity index (χ1) is 6.61. The largest absolute Gasteiger partial charge is 0.478 e. The van der Waals surface area contributed by atoms with Gasteiger partial charge >= 0.3 is 5.97 Å². The SMILES string of the molecule is O=C(O)c1c[nH]c2c(Br)c(Br)ccc12. The van der Waals surface area contributed by atoms with Gasteiger partial charge in [-0.2, -0.15) is 0 Å². The fourth-order valence-electron chi connectivity index (χ4n) is 1.32. The van der Waals surface area contributed by atoms with Crippen molar-refractivity contribution in [2.45, 2.75) is 0 Å². The molecule has 0 atom stereocenters. The van der Waals surface area contributed by atoms with Gasteiger partial charge < -0.3 is 10.1 Å². The van der Waals surface area contributed by atoms with Crippen molar-refractivity contribution in [1.29, 1.82) is 0 Å². The average Bonchev–Trinajstić information content (AvgIpc) is 2.55. The number of aromatic nitrogens is 1. The molecule has 0 fully saturated rings. The molecular weight excluding hydrogens is 314 g/mol. The number of benzene rings is 1. The highest BCUT2D eigenvalue weighted by atomic mass is 79.9. The molecule has 1 heterocycles. The van der Waals surface area contributed by atoms with Gasteiger partial charge in [-0.25, -0.2) is 4.79 Å². The van der Waals surface area contributed by atoms with Crippen molar-refractivity contribution in [3.05, 3.63) is 32.8 Å². The molecule has 2 aromatic rings. The van der Waals surface area contributed by atoms with Gasteiger partial charge in [0.1, 0.15) is 0 Å². The molecule has 1 aromatic carbocycles. The second kappa shape index (κ2) is 3.40. The van der Waals surface area contributed by atoms with Gasteiger partial charge in [0.25, 0.3) is 0 Å². The molecule has 5 heteroatoms. The summed E-state index contributed by atoms with van der Waals surface area (Å²) in [6.45, 7) is 0. The minimum atomic E-state index is -0.925. The van der Waals surface area contributed by atoms with Crippen LogP contribution in [0, 0.1) is 0 Å². The first-order valence-electron chi connectivity index (χ1n) is 3.79. The van der Waals surface area contributed by atoms with Gasteiger partial charge in [0, 0.05) is 16.1 Å². The van der Waals surface area contributed by atoms with E-state index >= 15 is 0 Å². The lowest BCUT2D eigenvalue weighted by molar-refractivity contribution is 0.0699. The molecule has 1 aromatic heterocycles. The van der Waals surface area contributed by atoms with Crippen LogP contribution in [-0.4, -0.2) is 16.1 Å². The molecule has 3 nitrogen and oxygen atoms in total. The van der Waals surface area contributed by atoms with Crippen LogP contribution in [0.3, 0.4) is 0 Å². The Labute approximate surface area is 96.4 Å². The van der Waals surface area contributed by atoms with Crippen molar-refractivity contribution < 1.29 is 9.90 Å². The zero-order chi connectivity index (χ0) is 10.3. The van der Waals surface area contributed by atoms with E-state index in [0.29, 0.717) is 5.39 Å². The maximum absolute atomic E-state index is 10.8. The van der Waals surface area contributed by atoms with Crippen molar-refractivity contribution >= 4 is 48.7 Å². The lowest BCUT2D eigenvalue weighted by atomic mass is 10.2. The number of aromatic amines is 1. The summed E-state index contributed by atoms with van der Waals surface area (Å²) in [7, 11) is 0. The van der Waals surface area contributed by atoms with E-state index in [-0.39, 0.29) is 5.56 Å². The minimum Gasteiger partial charge on any atom is -0.478 e. The third kappa shape index (κ3) is 1.36. The molecule has 0 aliphatic rings. The number of fused-ring (bicyclic) bond motifs is 1. The van der Waals surface area contributed by atoms with E-state index in [1.807, 2.05) is 6.07 Å². The Morgan fingerprint density at radius 3 is 2.71 bits per heavy atom. The minimum absolute atomic E-state index is 0.285. The van der Waals surface area contributed by atoms with Gasteiger partial charge in [-0.15, -0.1) is 0 Å². The summed E-state index contributed by atoms with van der Waals surface area (Å²) < 4.78 is 1.73. The standard InChI is InChI=1S/C9H5Br2NO2/c10-6-2-1-4-5(9(13)14)3-12-8(4)7(6)11/h1-3,12H,(H,13,14). The van der Waals surface area contributed by atoms with E-state index in [0.717, 1.165) is 14.5 Å². The number of hydrogen-bond donors (Lipinski definition) is 2. The van der Waals surface area contributed by atoms with Gasteiger partial charge in [0.2, 0.25) is 0 Å². The zero-order valence-corrected chi connectivity index (χ0v) is 10.0. The Bertz CT molecular complexity index is 519. The number of rotatable bonds is 1. The monoisotopic (exact) mass is 317 g/mol. The van der Waals surface area contributed by atoms with Crippen LogP contribution in [0.5, 0.6) is 0 Å². The van der Waals surface area contributed by atoms with E-state index in [1.165, 1.54) is 6.20 Å². The van der Waals surface area contributed by atoms with Crippen molar-refractivity contribution in [2.24, 2.45) is 0 Å². The fraction of sp³-hybridized carbons (Fsp3) is 0. The molecule has 2 rings (SSSR count). The Kier molecular flexibility index (Phi) is 2.36. The van der Waals surface area contributed by atoms with Crippen LogP contribution < -0.4 is 0 Å². The topological polar surface area (TPSA) is 53.1 Å². The first-order valence-corrected chi connectivity index (χ1v) is 5.38. The molecule has 0 aliphatic carbocycles. The van der Waals surface area contributed by atoms with Gasteiger partial charge in [0.05, 0.1) is 15.6 Å². The molecule has 72 valence electrons. The average molecular weight is 319 g/mol. The van der Waals surface area contributed by atoms with E-state index < -0.39 is 5.97 Å². The van der Waals surface area contributed by atoms with E-state index in [4.69, 9.17) is 5.11 Å². The lowest BCUT2D eigenvalue weighted by Crippen LogP contribution is -1.93. The molecule has 0 amide bonds. The number of hydrogen-bond acceptors (Lipinski definition) is 1. The van der Waals surface area contributed by atoms with Crippen LogP contribution in [0.4, 0.5) is 0 Å². The van der Waals surface area contributed by atoms with Crippen molar-refractivity contribution in [3.8, 4) is 0 Å². The second-order valence-electron chi connectivity index (χ2n) is 2.79. The third-order valence-electron chi connectivity index (χ3n) is 1.98. The van der Waals surface area contributed by atoms with E-state index in [2.05, 4.69) is 36.8 Å². The summed E-state index contributed by atoms with van der Waals surface area (Å²) in [4.78, 5) is 13.7. The van der Waals surface area contributed by atoms with E-state index in [9.17, 15) is 4.79 Å². The summed E-state index contributed by atoms with van der Waals surface area (Å²) >= 11 is 6.72. The predicted molar refractivity (Wildman–Crippen MR) is 60.7 cm³/mol. The molecule has 14 heavy (non-hydrogen) atoms. The third-order valence-corrected chi connectivity index (χ3v) is 3.99. The van der Waals surface area contributed by atoms with Gasteiger partial charge in [-0.3, -0.25) is 0 Å². The zero-order valence-electron chi connectivity index (χ0n) is 6.84. The van der Waals surface area contributed by atoms with Crippen molar-refractivity contribution in [2.75, 3.05) is 0 Å². The van der Waals surface area contributed by atoms with Crippen LogP contribution in [0.1, 0.15) is 10.4 Å². The number of carboxylic acid groups (broad SMARTS) is 1. The number of halogens is 2. The fourth-order valence-corrected chi connectivity index (χ4v) is 2.11. The summed E-state index contributed by atoms with van der Waals surface area (Å²) in [5, 5.41) is 9.59. The van der Waals surface area contributed by atoms with Crippen LogP contribution in [0.2, 0.25) is 0 Å². The highest BCUT2D eigenvalue weighted by molar-refractivity contribution is 9.13. The summed E-state index contributed by atoms with van der Waals surface area (Å²) in [6, 6.07) is 3.58. The van der Waals surface area contributed by atoms with Crippen LogP contribution >= 0.6 is 31.9 Å². The Morgan fingerprint density at radius 2 is 2.07 bits per heavy atom. The Hall–Kier alpha value is -0.810. The molecule has 0 saturated carbocycles. The lowest BCUT2D eigenvalue weighted by Gasteiger charge is -1.97. The molecule has 0 saturated heterocycles. The molecular formula is C9H5Br2NO2. The maximum Gasteiger partial charge on any atom is 0.337 e. The Morgan fingerprint density at radius 1 is 1.36 bits per heavy atom. The number of carbonyl (C=O) groups is 1. The number of carboxylic acids is 1. The van der Waals surface area contributed by atoms with Crippen molar-refractivity contribution in [1.82, 2.24) is 4.98 Å². The predicted octanol–water partition coefficient (Wildman–Crippen LogP) is 3.39. The van der Waals surface area contributed by atoms with Crippen LogP contribution in [-0.2, 0) is 0 Å². The maximum atomic E-state index is 10.8. The summed E-state index contributed by atoms with van der Waals surface area (Å²) in [5.41, 5.74) is 1.07. The quantitative estimate of drug-likeness (QED) is 0.846. The molecule has 0 unspecified atom stereocenters. The van der Waals surface area contributed by atoms with Gasteiger partial charge in [-0.05, 0) is 37.9 Å². The van der Waals surface area contributed by atoms with Crippen LogP contribution in [0.25, 0.3) is 10.9 Å². The highest BCUT2D eigenvalue weighted by Crippen LogP contribution is 2.32. The molecule has 0 radical (unpaired) electrons. The second-order valence-corrected chi connectivity index (χ2v) is 4.44. The highest BCUT2D eigenvalue weighted by Gasteiger charge is 2.12. The number of nitrogens with one attached hydrogen (secondary N) is 1. The summed E-state index contributed by atoms with van der Waals surface area (Å²) in [5.74, 6) is -0.925. The van der Waals surface area contributed by atoms with Crippen molar-refractivity contribution in [3.63, 3.8) is 0 Å². The molecule has 0 spiro atoms. The van der Waals surface area contributed by atoms with Gasteiger partial charge in [-0.1, -0.05) is 6.07 Å². The Balaban J connectivity index is 2.83. The number of H-pyrrole nitrogens is 1. The smallest absolute Gasteiger partial charge is 0.337 e. The van der Waals surface area contributed by atoms with Crippen LogP contribution in [0.15, 0.2) is 27.3 Å². The molecule has 0 bridgehead atoms. The summed E-state index contributed by atoms with van der Waals surface area (Å²) in [6.07, 6.45) is 1.49. The number of aromatic carboxylic acids is 1. The van der Waals surface area contributed by atoms with Gasteiger partial charge in [0.15, 0.2) is 0 Å². The normalized spacial score (nSPS) is 10.7. The van der Waals surface area contributed by atoms with E-state index in [1.54, 1.807) is 6.07 Å².